The Bertz CT molecular complexity index is 131. The van der Waals surface area contributed by atoms with Crippen molar-refractivity contribution in [2.75, 3.05) is 14.1 Å². The summed E-state index contributed by atoms with van der Waals surface area (Å²) in [6.45, 7) is 4.76. The van der Waals surface area contributed by atoms with Crippen LogP contribution >= 0.6 is 0 Å². The summed E-state index contributed by atoms with van der Waals surface area (Å²) in [7, 11) is 4.46. The molecule has 0 aromatic heterocycles. The standard InChI is InChI=1S/C11H23N/c1-5-10-9(2)7-6-8-11(10)12(3)4/h9-11H,5-8H2,1-4H3. The quantitative estimate of drug-likeness (QED) is 0.614. The van der Waals surface area contributed by atoms with Crippen molar-refractivity contribution >= 4 is 0 Å². The van der Waals surface area contributed by atoms with Gasteiger partial charge in [-0.15, -0.1) is 0 Å². The van der Waals surface area contributed by atoms with Crippen molar-refractivity contribution in [3.63, 3.8) is 0 Å². The van der Waals surface area contributed by atoms with Crippen LogP contribution in [0.5, 0.6) is 0 Å². The van der Waals surface area contributed by atoms with Crippen LogP contribution in [-0.4, -0.2) is 25.0 Å². The highest BCUT2D eigenvalue weighted by Gasteiger charge is 2.30. The van der Waals surface area contributed by atoms with Crippen LogP contribution in [0.15, 0.2) is 0 Å². The molecule has 0 N–H and O–H groups in total. The molecule has 3 atom stereocenters. The molecule has 1 heteroatoms. The van der Waals surface area contributed by atoms with E-state index in [0.29, 0.717) is 0 Å². The molecule has 72 valence electrons. The fourth-order valence-electron chi connectivity index (χ4n) is 2.77. The van der Waals surface area contributed by atoms with Gasteiger partial charge in [-0.2, -0.15) is 0 Å². The second kappa shape index (κ2) is 4.27. The molecule has 1 rings (SSSR count). The molecule has 3 unspecified atom stereocenters. The molecule has 1 nitrogen and oxygen atoms in total. The van der Waals surface area contributed by atoms with E-state index in [2.05, 4.69) is 32.8 Å². The maximum atomic E-state index is 2.42. The van der Waals surface area contributed by atoms with Gasteiger partial charge in [0.05, 0.1) is 0 Å². The zero-order valence-corrected chi connectivity index (χ0v) is 9.01. The molecule has 0 heterocycles. The lowest BCUT2D eigenvalue weighted by Gasteiger charge is -2.39. The molecule has 1 aliphatic rings. The Morgan fingerprint density at radius 1 is 1.25 bits per heavy atom. The molecular weight excluding hydrogens is 146 g/mol. The van der Waals surface area contributed by atoms with Gasteiger partial charge in [-0.25, -0.2) is 0 Å². The molecule has 12 heavy (non-hydrogen) atoms. The normalized spacial score (nSPS) is 37.2. The van der Waals surface area contributed by atoms with E-state index < -0.39 is 0 Å². The van der Waals surface area contributed by atoms with Crippen LogP contribution in [0.3, 0.4) is 0 Å². The van der Waals surface area contributed by atoms with Gasteiger partial charge in [0.15, 0.2) is 0 Å². The summed E-state index contributed by atoms with van der Waals surface area (Å²) in [5.41, 5.74) is 0. The van der Waals surface area contributed by atoms with Crippen LogP contribution in [0.1, 0.15) is 39.5 Å². The van der Waals surface area contributed by atoms with E-state index in [1.165, 1.54) is 25.7 Å². The maximum absolute atomic E-state index is 2.42. The largest absolute Gasteiger partial charge is 0.306 e. The van der Waals surface area contributed by atoms with Crippen molar-refractivity contribution < 1.29 is 0 Å². The van der Waals surface area contributed by atoms with Gasteiger partial charge in [-0.1, -0.05) is 33.1 Å². The van der Waals surface area contributed by atoms with E-state index in [-0.39, 0.29) is 0 Å². The Balaban J connectivity index is 2.57. The van der Waals surface area contributed by atoms with E-state index in [4.69, 9.17) is 0 Å². The van der Waals surface area contributed by atoms with Gasteiger partial charge < -0.3 is 4.90 Å². The third kappa shape index (κ3) is 2.01. The van der Waals surface area contributed by atoms with Crippen molar-refractivity contribution in [3.8, 4) is 0 Å². The van der Waals surface area contributed by atoms with E-state index in [9.17, 15) is 0 Å². The fraction of sp³-hybridized carbons (Fsp3) is 1.00. The zero-order chi connectivity index (χ0) is 9.14. The summed E-state index contributed by atoms with van der Waals surface area (Å²) < 4.78 is 0. The Hall–Kier alpha value is -0.0400. The Morgan fingerprint density at radius 2 is 1.92 bits per heavy atom. The first-order valence-electron chi connectivity index (χ1n) is 5.33. The topological polar surface area (TPSA) is 3.24 Å². The summed E-state index contributed by atoms with van der Waals surface area (Å²) in [4.78, 5) is 2.42. The van der Waals surface area contributed by atoms with Gasteiger partial charge >= 0.3 is 0 Å². The molecule has 0 aromatic rings. The van der Waals surface area contributed by atoms with Crippen LogP contribution in [0.25, 0.3) is 0 Å². The SMILES string of the molecule is CCC1C(C)CCCC1N(C)C. The smallest absolute Gasteiger partial charge is 0.0120 e. The van der Waals surface area contributed by atoms with Crippen molar-refractivity contribution in [2.24, 2.45) is 11.8 Å². The van der Waals surface area contributed by atoms with Crippen LogP contribution in [0, 0.1) is 11.8 Å². The molecule has 0 spiro atoms. The molecule has 0 saturated heterocycles. The fourth-order valence-corrected chi connectivity index (χ4v) is 2.77. The molecule has 0 aliphatic heterocycles. The lowest BCUT2D eigenvalue weighted by atomic mass is 9.75. The van der Waals surface area contributed by atoms with Gasteiger partial charge in [0, 0.05) is 6.04 Å². The summed E-state index contributed by atoms with van der Waals surface area (Å²) in [6, 6.07) is 0.846. The number of hydrogen-bond donors (Lipinski definition) is 0. The second-order valence-electron chi connectivity index (χ2n) is 4.51. The summed E-state index contributed by atoms with van der Waals surface area (Å²) in [5.74, 6) is 1.88. The predicted octanol–water partition coefficient (Wildman–Crippen LogP) is 2.76. The molecule has 1 aliphatic carbocycles. The molecular formula is C11H23N. The average Bonchev–Trinajstić information content (AvgIpc) is 2.03. The highest BCUT2D eigenvalue weighted by molar-refractivity contribution is 4.83. The lowest BCUT2D eigenvalue weighted by molar-refractivity contribution is 0.107. The van der Waals surface area contributed by atoms with Crippen molar-refractivity contribution in [1.82, 2.24) is 4.90 Å². The Kier molecular flexibility index (Phi) is 3.57. The van der Waals surface area contributed by atoms with Crippen LogP contribution in [-0.2, 0) is 0 Å². The average molecular weight is 169 g/mol. The van der Waals surface area contributed by atoms with Gasteiger partial charge in [0.1, 0.15) is 0 Å². The van der Waals surface area contributed by atoms with E-state index in [1.807, 2.05) is 0 Å². The summed E-state index contributed by atoms with van der Waals surface area (Å²) >= 11 is 0. The lowest BCUT2D eigenvalue weighted by Crippen LogP contribution is -2.40. The van der Waals surface area contributed by atoms with Gasteiger partial charge in [0.25, 0.3) is 0 Å². The maximum Gasteiger partial charge on any atom is 0.0120 e. The number of nitrogens with zero attached hydrogens (tertiary/aromatic N) is 1. The van der Waals surface area contributed by atoms with Crippen LogP contribution in [0.2, 0.25) is 0 Å². The number of rotatable bonds is 2. The first-order chi connectivity index (χ1) is 5.66. The minimum Gasteiger partial charge on any atom is -0.306 e. The zero-order valence-electron chi connectivity index (χ0n) is 9.01. The minimum atomic E-state index is 0.846. The van der Waals surface area contributed by atoms with Crippen molar-refractivity contribution in [2.45, 2.75) is 45.6 Å². The van der Waals surface area contributed by atoms with E-state index >= 15 is 0 Å². The predicted molar refractivity (Wildman–Crippen MR) is 54.3 cm³/mol. The van der Waals surface area contributed by atoms with E-state index in [0.717, 1.165) is 17.9 Å². The molecule has 1 fully saturated rings. The third-order valence-electron chi connectivity index (χ3n) is 3.52. The minimum absolute atomic E-state index is 0.846. The third-order valence-corrected chi connectivity index (χ3v) is 3.52. The summed E-state index contributed by atoms with van der Waals surface area (Å²) in [5, 5.41) is 0. The van der Waals surface area contributed by atoms with Gasteiger partial charge in [-0.3, -0.25) is 0 Å². The Labute approximate surface area is 77.1 Å². The molecule has 0 bridgehead atoms. The molecule has 0 radical (unpaired) electrons. The summed E-state index contributed by atoms with van der Waals surface area (Å²) in [6.07, 6.45) is 5.64. The molecule has 1 saturated carbocycles. The van der Waals surface area contributed by atoms with E-state index in [1.54, 1.807) is 0 Å². The first kappa shape index (κ1) is 10.0. The van der Waals surface area contributed by atoms with Crippen LogP contribution in [0.4, 0.5) is 0 Å². The molecule has 0 amide bonds. The van der Waals surface area contributed by atoms with Crippen LogP contribution < -0.4 is 0 Å². The Morgan fingerprint density at radius 3 is 2.33 bits per heavy atom. The second-order valence-corrected chi connectivity index (χ2v) is 4.51. The number of hydrogen-bond acceptors (Lipinski definition) is 1. The van der Waals surface area contributed by atoms with Gasteiger partial charge in [-0.05, 0) is 32.4 Å². The van der Waals surface area contributed by atoms with Crippen molar-refractivity contribution in [3.05, 3.63) is 0 Å². The first-order valence-corrected chi connectivity index (χ1v) is 5.33. The van der Waals surface area contributed by atoms with Crippen molar-refractivity contribution in [1.29, 1.82) is 0 Å². The van der Waals surface area contributed by atoms with Gasteiger partial charge in [0.2, 0.25) is 0 Å². The highest BCUT2D eigenvalue weighted by atomic mass is 15.1. The highest BCUT2D eigenvalue weighted by Crippen LogP contribution is 2.34. The monoisotopic (exact) mass is 169 g/mol. The molecule has 0 aromatic carbocycles.